The summed E-state index contributed by atoms with van der Waals surface area (Å²) in [5, 5.41) is 0.736. The molecule has 4 heteroatoms. The lowest BCUT2D eigenvalue weighted by molar-refractivity contribution is 0.199. The third-order valence-corrected chi connectivity index (χ3v) is 3.48. The van der Waals surface area contributed by atoms with Gasteiger partial charge in [0.05, 0.1) is 0 Å². The monoisotopic (exact) mass is 254 g/mol. The van der Waals surface area contributed by atoms with E-state index >= 15 is 0 Å². The molecule has 1 fully saturated rings. The highest BCUT2D eigenvalue weighted by atomic mass is 35.5. The summed E-state index contributed by atoms with van der Waals surface area (Å²) in [7, 11) is 0. The zero-order valence-electron chi connectivity index (χ0n) is 9.94. The second-order valence-electron chi connectivity index (χ2n) is 4.37. The Labute approximate surface area is 107 Å². The first-order chi connectivity index (χ1) is 8.29. The zero-order chi connectivity index (χ0) is 12.1. The predicted molar refractivity (Wildman–Crippen MR) is 70.6 cm³/mol. The van der Waals surface area contributed by atoms with Gasteiger partial charge in [-0.2, -0.15) is 0 Å². The Kier molecular flexibility index (Phi) is 4.66. The van der Waals surface area contributed by atoms with Crippen LogP contribution in [0.15, 0.2) is 24.3 Å². The maximum Gasteiger partial charge on any atom is 0.119 e. The number of halogens is 1. The molecule has 1 unspecified atom stereocenters. The molecule has 1 heterocycles. The van der Waals surface area contributed by atoms with Crippen molar-refractivity contribution in [3.63, 3.8) is 0 Å². The van der Waals surface area contributed by atoms with Gasteiger partial charge in [0, 0.05) is 24.2 Å². The molecule has 0 bridgehead atoms. The summed E-state index contributed by atoms with van der Waals surface area (Å²) < 4.78 is 5.67. The Balaban J connectivity index is 1.74. The van der Waals surface area contributed by atoms with Crippen molar-refractivity contribution in [2.75, 3.05) is 26.2 Å². The van der Waals surface area contributed by atoms with Crippen molar-refractivity contribution in [1.82, 2.24) is 4.90 Å². The third-order valence-electron chi connectivity index (χ3n) is 3.23. The van der Waals surface area contributed by atoms with Gasteiger partial charge in [-0.15, -0.1) is 0 Å². The molecule has 1 atom stereocenters. The lowest BCUT2D eigenvalue weighted by atomic mass is 10.2. The van der Waals surface area contributed by atoms with Crippen molar-refractivity contribution in [2.45, 2.75) is 18.9 Å². The average molecular weight is 255 g/mol. The summed E-state index contributed by atoms with van der Waals surface area (Å²) in [5.74, 6) is 0.873. The van der Waals surface area contributed by atoms with Crippen LogP contribution in [0.5, 0.6) is 5.75 Å². The first-order valence-corrected chi connectivity index (χ1v) is 6.50. The Morgan fingerprint density at radius 2 is 2.12 bits per heavy atom. The first kappa shape index (κ1) is 12.7. The number of nitrogens with two attached hydrogens (primary N) is 1. The molecule has 0 aliphatic carbocycles. The van der Waals surface area contributed by atoms with E-state index in [0.717, 1.165) is 30.4 Å². The van der Waals surface area contributed by atoms with E-state index in [-0.39, 0.29) is 0 Å². The van der Waals surface area contributed by atoms with Gasteiger partial charge in [-0.1, -0.05) is 11.6 Å². The van der Waals surface area contributed by atoms with Gasteiger partial charge < -0.3 is 10.5 Å². The predicted octanol–water partition coefficient (Wildman–Crippen LogP) is 2.14. The van der Waals surface area contributed by atoms with E-state index < -0.39 is 0 Å². The highest BCUT2D eigenvalue weighted by Crippen LogP contribution is 2.17. The second kappa shape index (κ2) is 6.24. The second-order valence-corrected chi connectivity index (χ2v) is 4.81. The van der Waals surface area contributed by atoms with Gasteiger partial charge in [-0.05, 0) is 43.7 Å². The molecule has 1 aliphatic rings. The summed E-state index contributed by atoms with van der Waals surface area (Å²) in [6.07, 6.45) is 2.47. The molecule has 1 aromatic carbocycles. The van der Waals surface area contributed by atoms with Crippen LogP contribution in [-0.4, -0.2) is 37.2 Å². The normalized spacial score (nSPS) is 20.7. The van der Waals surface area contributed by atoms with Crippen LogP contribution in [-0.2, 0) is 0 Å². The minimum Gasteiger partial charge on any atom is -0.492 e. The Morgan fingerprint density at radius 3 is 2.82 bits per heavy atom. The van der Waals surface area contributed by atoms with E-state index in [0.29, 0.717) is 12.6 Å². The average Bonchev–Trinajstić information content (AvgIpc) is 2.79. The Bertz CT molecular complexity index is 342. The number of hydrogen-bond acceptors (Lipinski definition) is 3. The minimum absolute atomic E-state index is 0.545. The molecule has 1 aliphatic heterocycles. The van der Waals surface area contributed by atoms with Crippen molar-refractivity contribution in [1.29, 1.82) is 0 Å². The summed E-state index contributed by atoms with van der Waals surface area (Å²) in [4.78, 5) is 2.41. The summed E-state index contributed by atoms with van der Waals surface area (Å²) in [5.41, 5.74) is 5.73. The van der Waals surface area contributed by atoms with Crippen LogP contribution < -0.4 is 10.5 Å². The van der Waals surface area contributed by atoms with Crippen LogP contribution in [0, 0.1) is 0 Å². The topological polar surface area (TPSA) is 38.5 Å². The van der Waals surface area contributed by atoms with Crippen molar-refractivity contribution in [3.8, 4) is 5.75 Å². The van der Waals surface area contributed by atoms with Crippen LogP contribution in [0.3, 0.4) is 0 Å². The lowest BCUT2D eigenvalue weighted by Crippen LogP contribution is -2.37. The van der Waals surface area contributed by atoms with Gasteiger partial charge in [-0.25, -0.2) is 0 Å². The molecule has 2 N–H and O–H groups in total. The fourth-order valence-electron chi connectivity index (χ4n) is 2.27. The summed E-state index contributed by atoms with van der Waals surface area (Å²) in [6, 6.07) is 8.02. The van der Waals surface area contributed by atoms with Gasteiger partial charge in [-0.3, -0.25) is 4.90 Å². The van der Waals surface area contributed by atoms with Crippen LogP contribution in [0.1, 0.15) is 12.8 Å². The molecular formula is C13H19ClN2O. The number of benzene rings is 1. The maximum atomic E-state index is 5.81. The van der Waals surface area contributed by atoms with Gasteiger partial charge in [0.25, 0.3) is 0 Å². The standard InChI is InChI=1S/C13H19ClN2O/c14-11-3-5-13(6-4-11)17-9-8-16-7-1-2-12(16)10-15/h3-6,12H,1-2,7-10,15H2. The Hall–Kier alpha value is -0.770. The van der Waals surface area contributed by atoms with Gasteiger partial charge in [0.15, 0.2) is 0 Å². The van der Waals surface area contributed by atoms with Crippen LogP contribution in [0.25, 0.3) is 0 Å². The molecule has 0 saturated carbocycles. The zero-order valence-corrected chi connectivity index (χ0v) is 10.7. The van der Waals surface area contributed by atoms with Crippen molar-refractivity contribution in [2.24, 2.45) is 5.73 Å². The molecule has 0 spiro atoms. The van der Waals surface area contributed by atoms with Crippen LogP contribution in [0.2, 0.25) is 5.02 Å². The van der Waals surface area contributed by atoms with E-state index in [4.69, 9.17) is 22.1 Å². The molecule has 0 radical (unpaired) electrons. The smallest absolute Gasteiger partial charge is 0.119 e. The number of likely N-dealkylation sites (tertiary alicyclic amines) is 1. The van der Waals surface area contributed by atoms with Crippen molar-refractivity contribution >= 4 is 11.6 Å². The molecule has 2 rings (SSSR count). The van der Waals surface area contributed by atoms with Gasteiger partial charge in [0.2, 0.25) is 0 Å². The maximum absolute atomic E-state index is 5.81. The highest BCUT2D eigenvalue weighted by Gasteiger charge is 2.22. The Morgan fingerprint density at radius 1 is 1.35 bits per heavy atom. The van der Waals surface area contributed by atoms with Crippen LogP contribution >= 0.6 is 11.6 Å². The van der Waals surface area contributed by atoms with E-state index in [2.05, 4.69) is 4.90 Å². The molecule has 0 amide bonds. The molecule has 3 nitrogen and oxygen atoms in total. The van der Waals surface area contributed by atoms with Crippen molar-refractivity contribution < 1.29 is 4.74 Å². The largest absolute Gasteiger partial charge is 0.492 e. The minimum atomic E-state index is 0.545. The lowest BCUT2D eigenvalue weighted by Gasteiger charge is -2.22. The number of nitrogens with zero attached hydrogens (tertiary/aromatic N) is 1. The molecule has 17 heavy (non-hydrogen) atoms. The quantitative estimate of drug-likeness (QED) is 0.875. The third kappa shape index (κ3) is 3.60. The number of hydrogen-bond donors (Lipinski definition) is 1. The number of ether oxygens (including phenoxy) is 1. The van der Waals surface area contributed by atoms with E-state index in [1.807, 2.05) is 24.3 Å². The van der Waals surface area contributed by atoms with E-state index in [9.17, 15) is 0 Å². The first-order valence-electron chi connectivity index (χ1n) is 6.12. The van der Waals surface area contributed by atoms with E-state index in [1.165, 1.54) is 12.8 Å². The fraction of sp³-hybridized carbons (Fsp3) is 0.538. The fourth-order valence-corrected chi connectivity index (χ4v) is 2.39. The van der Waals surface area contributed by atoms with Crippen LogP contribution in [0.4, 0.5) is 0 Å². The van der Waals surface area contributed by atoms with Crippen molar-refractivity contribution in [3.05, 3.63) is 29.3 Å². The van der Waals surface area contributed by atoms with Gasteiger partial charge >= 0.3 is 0 Å². The molecule has 94 valence electrons. The molecule has 1 saturated heterocycles. The van der Waals surface area contributed by atoms with Gasteiger partial charge in [0.1, 0.15) is 12.4 Å². The highest BCUT2D eigenvalue weighted by molar-refractivity contribution is 6.30. The summed E-state index contributed by atoms with van der Waals surface area (Å²) >= 11 is 5.81. The SMILES string of the molecule is NCC1CCCN1CCOc1ccc(Cl)cc1. The van der Waals surface area contributed by atoms with E-state index in [1.54, 1.807) is 0 Å². The molecular weight excluding hydrogens is 236 g/mol. The summed E-state index contributed by atoms with van der Waals surface area (Å²) in [6.45, 7) is 3.55. The number of rotatable bonds is 5. The molecule has 1 aromatic rings. The molecule has 0 aromatic heterocycles.